The van der Waals surface area contributed by atoms with E-state index in [1.165, 1.54) is 21.3 Å². The molecule has 2 N–H and O–H groups in total. The van der Waals surface area contributed by atoms with Crippen LogP contribution in [0.15, 0.2) is 24.3 Å². The van der Waals surface area contributed by atoms with E-state index >= 15 is 0 Å². The third kappa shape index (κ3) is 4.74. The van der Waals surface area contributed by atoms with Crippen LogP contribution in [0.4, 0.5) is 5.82 Å². The number of hydrogen-bond acceptors (Lipinski definition) is 8. The average Bonchev–Trinajstić information content (AvgIpc) is 3.08. The lowest BCUT2D eigenvalue weighted by Gasteiger charge is -2.14. The quantitative estimate of drug-likeness (QED) is 0.488. The molecule has 2 aromatic heterocycles. The Labute approximate surface area is 186 Å². The lowest BCUT2D eigenvalue weighted by atomic mass is 10.1. The molecular weight excluding hydrogens is 412 g/mol. The highest BCUT2D eigenvalue weighted by Gasteiger charge is 2.17. The van der Waals surface area contributed by atoms with E-state index in [2.05, 4.69) is 25.9 Å². The fourth-order valence-corrected chi connectivity index (χ4v) is 3.16. The zero-order valence-electron chi connectivity index (χ0n) is 19.1. The molecular formula is C22H28N6O4. The van der Waals surface area contributed by atoms with Gasteiger partial charge < -0.3 is 24.8 Å². The van der Waals surface area contributed by atoms with E-state index in [-0.39, 0.29) is 5.91 Å². The Hall–Kier alpha value is -3.82. The van der Waals surface area contributed by atoms with Gasteiger partial charge in [-0.15, -0.1) is 10.2 Å². The monoisotopic (exact) mass is 440 g/mol. The minimum Gasteiger partial charge on any atom is -0.493 e. The second-order valence-corrected chi connectivity index (χ2v) is 7.08. The van der Waals surface area contributed by atoms with Crippen molar-refractivity contribution in [3.05, 3.63) is 46.8 Å². The van der Waals surface area contributed by atoms with Crippen molar-refractivity contribution in [3.8, 4) is 23.1 Å². The number of aryl methyl sites for hydroxylation is 1. The van der Waals surface area contributed by atoms with Gasteiger partial charge in [-0.2, -0.15) is 5.10 Å². The molecule has 1 amide bonds. The number of nitrogens with one attached hydrogen (secondary N) is 2. The number of nitrogens with zero attached hydrogens (tertiary/aromatic N) is 4. The predicted octanol–water partition coefficient (Wildman–Crippen LogP) is 2.46. The number of aromatic nitrogens is 4. The maximum atomic E-state index is 12.5. The molecule has 0 saturated carbocycles. The highest BCUT2D eigenvalue weighted by atomic mass is 16.5. The summed E-state index contributed by atoms with van der Waals surface area (Å²) in [5, 5.41) is 18.9. The van der Waals surface area contributed by atoms with Crippen LogP contribution in [0.3, 0.4) is 0 Å². The lowest BCUT2D eigenvalue weighted by Crippen LogP contribution is -2.29. The number of hydrogen-bond donors (Lipinski definition) is 2. The van der Waals surface area contributed by atoms with Crippen molar-refractivity contribution in [2.24, 2.45) is 0 Å². The molecule has 1 aromatic carbocycles. The topological polar surface area (TPSA) is 112 Å². The van der Waals surface area contributed by atoms with Crippen LogP contribution >= 0.6 is 0 Å². The molecule has 170 valence electrons. The van der Waals surface area contributed by atoms with Crippen LogP contribution in [0.2, 0.25) is 0 Å². The van der Waals surface area contributed by atoms with Crippen LogP contribution in [0, 0.1) is 20.8 Å². The molecule has 0 aliphatic carbocycles. The Balaban J connectivity index is 1.56. The number of benzene rings is 1. The van der Waals surface area contributed by atoms with Crippen LogP contribution in [-0.4, -0.2) is 60.3 Å². The van der Waals surface area contributed by atoms with E-state index in [0.717, 1.165) is 17.0 Å². The Morgan fingerprint density at radius 2 is 1.66 bits per heavy atom. The predicted molar refractivity (Wildman–Crippen MR) is 120 cm³/mol. The fraction of sp³-hybridized carbons (Fsp3) is 0.364. The summed E-state index contributed by atoms with van der Waals surface area (Å²) in [5.41, 5.74) is 3.54. The number of carbonyl (C=O) groups is 1. The molecule has 0 fully saturated rings. The van der Waals surface area contributed by atoms with E-state index in [4.69, 9.17) is 14.2 Å². The molecule has 0 atom stereocenters. The molecule has 10 heteroatoms. The van der Waals surface area contributed by atoms with E-state index in [1.807, 2.05) is 32.9 Å². The summed E-state index contributed by atoms with van der Waals surface area (Å²) in [7, 11) is 4.52. The SMILES string of the molecule is COc1cc(C(=O)NCCNc2ccc(-n3nc(C)c(C)c3C)nn2)cc(OC)c1OC. The molecule has 32 heavy (non-hydrogen) atoms. The van der Waals surface area contributed by atoms with Crippen molar-refractivity contribution in [3.63, 3.8) is 0 Å². The van der Waals surface area contributed by atoms with E-state index in [0.29, 0.717) is 47.5 Å². The van der Waals surface area contributed by atoms with Crippen LogP contribution in [-0.2, 0) is 0 Å². The summed E-state index contributed by atoms with van der Waals surface area (Å²) in [6, 6.07) is 6.89. The highest BCUT2D eigenvalue weighted by Crippen LogP contribution is 2.38. The number of amides is 1. The van der Waals surface area contributed by atoms with Crippen LogP contribution in [0.1, 0.15) is 27.3 Å². The summed E-state index contributed by atoms with van der Waals surface area (Å²) >= 11 is 0. The minimum absolute atomic E-state index is 0.257. The van der Waals surface area contributed by atoms with Crippen molar-refractivity contribution >= 4 is 11.7 Å². The summed E-state index contributed by atoms with van der Waals surface area (Å²) in [4.78, 5) is 12.5. The minimum atomic E-state index is -0.257. The summed E-state index contributed by atoms with van der Waals surface area (Å²) in [5.74, 6) is 2.28. The Morgan fingerprint density at radius 1 is 0.969 bits per heavy atom. The second kappa shape index (κ2) is 9.99. The van der Waals surface area contributed by atoms with E-state index in [9.17, 15) is 4.79 Å². The molecule has 3 rings (SSSR count). The van der Waals surface area contributed by atoms with Gasteiger partial charge in [-0.3, -0.25) is 4.79 Å². The molecule has 0 aliphatic rings. The van der Waals surface area contributed by atoms with Gasteiger partial charge in [-0.05, 0) is 50.6 Å². The second-order valence-electron chi connectivity index (χ2n) is 7.08. The molecule has 10 nitrogen and oxygen atoms in total. The molecule has 0 bridgehead atoms. The standard InChI is InChI=1S/C22H28N6O4/c1-13-14(2)27-28(15(13)3)20-8-7-19(25-26-20)23-9-10-24-22(29)16-11-17(30-4)21(32-6)18(12-16)31-5/h7-8,11-12H,9-10H2,1-6H3,(H,23,25)(H,24,29). The molecule has 0 saturated heterocycles. The third-order valence-corrected chi connectivity index (χ3v) is 5.16. The zero-order valence-corrected chi connectivity index (χ0v) is 19.1. The van der Waals surface area contributed by atoms with Gasteiger partial charge in [0.2, 0.25) is 5.75 Å². The molecule has 2 heterocycles. The first-order valence-electron chi connectivity index (χ1n) is 10.1. The first-order chi connectivity index (χ1) is 15.4. The third-order valence-electron chi connectivity index (χ3n) is 5.16. The molecule has 0 spiro atoms. The van der Waals surface area contributed by atoms with Gasteiger partial charge in [0.05, 0.1) is 27.0 Å². The molecule has 0 aliphatic heterocycles. The van der Waals surface area contributed by atoms with Gasteiger partial charge in [0.15, 0.2) is 17.3 Å². The molecule has 3 aromatic rings. The van der Waals surface area contributed by atoms with E-state index in [1.54, 1.807) is 16.8 Å². The number of methoxy groups -OCH3 is 3. The normalized spacial score (nSPS) is 10.6. The van der Waals surface area contributed by atoms with Gasteiger partial charge in [-0.1, -0.05) is 0 Å². The van der Waals surface area contributed by atoms with Gasteiger partial charge in [0, 0.05) is 24.3 Å². The summed E-state index contributed by atoms with van der Waals surface area (Å²) in [6.07, 6.45) is 0. The van der Waals surface area contributed by atoms with E-state index < -0.39 is 0 Å². The van der Waals surface area contributed by atoms with Crippen LogP contribution in [0.5, 0.6) is 17.2 Å². The van der Waals surface area contributed by atoms with Crippen molar-refractivity contribution in [2.45, 2.75) is 20.8 Å². The highest BCUT2D eigenvalue weighted by molar-refractivity contribution is 5.95. The maximum absolute atomic E-state index is 12.5. The number of carbonyl (C=O) groups excluding carboxylic acids is 1. The van der Waals surface area contributed by atoms with Gasteiger partial charge >= 0.3 is 0 Å². The van der Waals surface area contributed by atoms with Crippen molar-refractivity contribution < 1.29 is 19.0 Å². The fourth-order valence-electron chi connectivity index (χ4n) is 3.16. The number of anilines is 1. The maximum Gasteiger partial charge on any atom is 0.251 e. The van der Waals surface area contributed by atoms with Crippen LogP contribution < -0.4 is 24.8 Å². The molecule has 0 unspecified atom stereocenters. The Kier molecular flexibility index (Phi) is 7.14. The smallest absolute Gasteiger partial charge is 0.251 e. The lowest BCUT2D eigenvalue weighted by molar-refractivity contribution is 0.0954. The van der Waals surface area contributed by atoms with Crippen molar-refractivity contribution in [2.75, 3.05) is 39.7 Å². The average molecular weight is 441 g/mol. The largest absolute Gasteiger partial charge is 0.493 e. The summed E-state index contributed by atoms with van der Waals surface area (Å²) < 4.78 is 17.6. The van der Waals surface area contributed by atoms with Gasteiger partial charge in [0.1, 0.15) is 5.82 Å². The first kappa shape index (κ1) is 22.9. The first-order valence-corrected chi connectivity index (χ1v) is 10.1. The van der Waals surface area contributed by atoms with Gasteiger partial charge in [0.25, 0.3) is 5.91 Å². The summed E-state index contributed by atoms with van der Waals surface area (Å²) in [6.45, 7) is 6.86. The Morgan fingerprint density at radius 3 is 2.16 bits per heavy atom. The number of rotatable bonds is 9. The van der Waals surface area contributed by atoms with Crippen molar-refractivity contribution in [1.29, 1.82) is 0 Å². The number of ether oxygens (including phenoxy) is 3. The van der Waals surface area contributed by atoms with Crippen LogP contribution in [0.25, 0.3) is 5.82 Å². The van der Waals surface area contributed by atoms with Crippen molar-refractivity contribution in [1.82, 2.24) is 25.3 Å². The van der Waals surface area contributed by atoms with Gasteiger partial charge in [-0.25, -0.2) is 4.68 Å². The zero-order chi connectivity index (χ0) is 23.3. The molecule has 0 radical (unpaired) electrons. The Bertz CT molecular complexity index is 1070.